The van der Waals surface area contributed by atoms with Crippen LogP contribution in [0.1, 0.15) is 30.4 Å². The fourth-order valence-electron chi connectivity index (χ4n) is 3.98. The minimum absolute atomic E-state index is 0.0615. The summed E-state index contributed by atoms with van der Waals surface area (Å²) < 4.78 is 32.5. The van der Waals surface area contributed by atoms with Crippen molar-refractivity contribution in [2.75, 3.05) is 18.4 Å². The maximum absolute atomic E-state index is 12.9. The van der Waals surface area contributed by atoms with Crippen LogP contribution in [-0.2, 0) is 27.6 Å². The Morgan fingerprint density at radius 1 is 1.10 bits per heavy atom. The number of hydrogen-bond donors (Lipinski definition) is 2. The summed E-state index contributed by atoms with van der Waals surface area (Å²) in [4.78, 5) is 12.4. The van der Waals surface area contributed by atoms with E-state index in [-0.39, 0.29) is 35.8 Å². The molecule has 160 valence electrons. The van der Waals surface area contributed by atoms with Crippen molar-refractivity contribution < 1.29 is 17.9 Å². The van der Waals surface area contributed by atoms with Crippen LogP contribution in [-0.4, -0.2) is 37.6 Å². The minimum atomic E-state index is -3.74. The summed E-state index contributed by atoms with van der Waals surface area (Å²) in [5, 5.41) is 2.90. The first-order valence-corrected chi connectivity index (χ1v) is 11.7. The van der Waals surface area contributed by atoms with E-state index in [1.54, 1.807) is 12.1 Å². The molecule has 0 bridgehead atoms. The summed E-state index contributed by atoms with van der Waals surface area (Å²) in [6.07, 6.45) is 2.94. The number of ether oxygens (including phenoxy) is 1. The number of halogens is 1. The molecule has 9 heteroatoms. The van der Waals surface area contributed by atoms with Gasteiger partial charge in [-0.05, 0) is 54.7 Å². The zero-order chi connectivity index (χ0) is 21.4. The third kappa shape index (κ3) is 4.32. The Bertz CT molecular complexity index is 1070. The number of hydrogen-bond acceptors (Lipinski definition) is 5. The number of piperidine rings is 1. The van der Waals surface area contributed by atoms with Crippen molar-refractivity contribution in [3.05, 3.63) is 58.6 Å². The number of aryl methyl sites for hydroxylation is 2. The maximum Gasteiger partial charge on any atom is 0.413 e. The second-order valence-corrected chi connectivity index (χ2v) is 10.1. The number of carbonyl (C=O) groups is 1. The number of sulfonamides is 1. The van der Waals surface area contributed by atoms with Crippen LogP contribution in [0.25, 0.3) is 0 Å². The van der Waals surface area contributed by atoms with E-state index in [1.807, 2.05) is 18.2 Å². The van der Waals surface area contributed by atoms with Crippen LogP contribution in [0.5, 0.6) is 0 Å². The van der Waals surface area contributed by atoms with Gasteiger partial charge in [-0.2, -0.15) is 4.31 Å². The van der Waals surface area contributed by atoms with E-state index >= 15 is 0 Å². The second-order valence-electron chi connectivity index (χ2n) is 7.75. The van der Waals surface area contributed by atoms with Crippen LogP contribution in [0.2, 0.25) is 5.02 Å². The third-order valence-corrected chi connectivity index (χ3v) is 8.06. The number of rotatable bonds is 4. The molecule has 7 nitrogen and oxygen atoms in total. The van der Waals surface area contributed by atoms with Gasteiger partial charge >= 0.3 is 6.09 Å². The van der Waals surface area contributed by atoms with Gasteiger partial charge in [-0.15, -0.1) is 0 Å². The Morgan fingerprint density at radius 3 is 2.53 bits per heavy atom. The number of nitrogens with one attached hydrogen (secondary N) is 1. The van der Waals surface area contributed by atoms with E-state index in [9.17, 15) is 13.2 Å². The van der Waals surface area contributed by atoms with E-state index in [1.165, 1.54) is 27.6 Å². The summed E-state index contributed by atoms with van der Waals surface area (Å²) in [6, 6.07) is 12.2. The van der Waals surface area contributed by atoms with Gasteiger partial charge in [0.1, 0.15) is 4.90 Å². The molecule has 1 aliphatic heterocycles. The molecule has 2 aromatic rings. The van der Waals surface area contributed by atoms with Crippen LogP contribution in [0, 0.1) is 0 Å². The Balaban J connectivity index is 1.37. The van der Waals surface area contributed by atoms with Crippen LogP contribution < -0.4 is 11.1 Å². The fourth-order valence-corrected chi connectivity index (χ4v) is 5.91. The molecule has 1 heterocycles. The Kier molecular flexibility index (Phi) is 5.76. The van der Waals surface area contributed by atoms with Crippen LogP contribution in [0.3, 0.4) is 0 Å². The first-order valence-electron chi connectivity index (χ1n) is 9.92. The van der Waals surface area contributed by atoms with Crippen LogP contribution in [0.4, 0.5) is 10.5 Å². The van der Waals surface area contributed by atoms with Crippen LogP contribution >= 0.6 is 11.6 Å². The number of nitrogens with zero attached hydrogens (tertiary/aromatic N) is 1. The lowest BCUT2D eigenvalue weighted by Crippen LogP contribution is -2.54. The van der Waals surface area contributed by atoms with Gasteiger partial charge < -0.3 is 4.74 Å². The molecule has 0 spiro atoms. The normalized spacial score (nSPS) is 18.6. The van der Waals surface area contributed by atoms with Gasteiger partial charge in [-0.1, -0.05) is 29.8 Å². The van der Waals surface area contributed by atoms with Crippen molar-refractivity contribution in [1.29, 1.82) is 0 Å². The van der Waals surface area contributed by atoms with Gasteiger partial charge in [0.05, 0.1) is 5.02 Å². The predicted octanol–water partition coefficient (Wildman–Crippen LogP) is 3.52. The first kappa shape index (κ1) is 21.1. The number of fused-ring (bicyclic) bond motifs is 1. The lowest BCUT2D eigenvalue weighted by atomic mass is 10.0. The van der Waals surface area contributed by atoms with Crippen molar-refractivity contribution in [2.24, 2.45) is 5.73 Å². The number of carbonyl (C=O) groups excluding carboxylic acids is 1. The molecule has 1 saturated heterocycles. The first-order chi connectivity index (χ1) is 14.3. The summed E-state index contributed by atoms with van der Waals surface area (Å²) >= 11 is 6.06. The zero-order valence-corrected chi connectivity index (χ0v) is 18.0. The summed E-state index contributed by atoms with van der Waals surface area (Å²) in [5.41, 5.74) is 8.25. The van der Waals surface area contributed by atoms with Gasteiger partial charge in [0.25, 0.3) is 0 Å². The van der Waals surface area contributed by atoms with Gasteiger partial charge in [0.2, 0.25) is 10.0 Å². The highest BCUT2D eigenvalue weighted by molar-refractivity contribution is 7.89. The molecule has 0 radical (unpaired) electrons. The number of amides is 1. The van der Waals surface area contributed by atoms with E-state index < -0.39 is 21.8 Å². The summed E-state index contributed by atoms with van der Waals surface area (Å²) in [5.74, 6) is 0. The van der Waals surface area contributed by atoms with Crippen molar-refractivity contribution in [2.45, 2.75) is 42.7 Å². The molecule has 1 aliphatic carbocycles. The molecule has 0 atom stereocenters. The monoisotopic (exact) mass is 449 g/mol. The van der Waals surface area contributed by atoms with Crippen molar-refractivity contribution in [3.63, 3.8) is 0 Å². The second kappa shape index (κ2) is 8.19. The average Bonchev–Trinajstić information content (AvgIpc) is 3.16. The van der Waals surface area contributed by atoms with Crippen molar-refractivity contribution in [1.82, 2.24) is 4.31 Å². The van der Waals surface area contributed by atoms with Gasteiger partial charge in [-0.3, -0.25) is 11.1 Å². The quantitative estimate of drug-likeness (QED) is 0.695. The number of anilines is 1. The molecular weight excluding hydrogens is 426 g/mol. The third-order valence-electron chi connectivity index (χ3n) is 5.66. The highest BCUT2D eigenvalue weighted by Gasteiger charge is 2.39. The van der Waals surface area contributed by atoms with Gasteiger partial charge in [0, 0.05) is 31.6 Å². The van der Waals surface area contributed by atoms with Crippen molar-refractivity contribution in [3.8, 4) is 0 Å². The molecule has 2 aromatic carbocycles. The Morgan fingerprint density at radius 2 is 1.80 bits per heavy atom. The van der Waals surface area contributed by atoms with E-state index in [0.717, 1.165) is 19.3 Å². The highest BCUT2D eigenvalue weighted by atomic mass is 35.5. The lowest BCUT2D eigenvalue weighted by Gasteiger charge is -2.37. The zero-order valence-electron chi connectivity index (χ0n) is 16.4. The summed E-state index contributed by atoms with van der Waals surface area (Å²) in [6.45, 7) is 0.270. The molecule has 0 saturated carbocycles. The topological polar surface area (TPSA) is 102 Å². The fraction of sp³-hybridized carbons (Fsp3) is 0.381. The smallest absolute Gasteiger partial charge is 0.413 e. The molecular formula is C21H24ClN3O4S. The molecule has 0 aromatic heterocycles. The van der Waals surface area contributed by atoms with E-state index in [0.29, 0.717) is 5.69 Å². The summed E-state index contributed by atoms with van der Waals surface area (Å²) in [7, 11) is -3.74. The molecule has 2 aliphatic rings. The average molecular weight is 450 g/mol. The standard InChI is InChI=1S/C21H24ClN3O4S/c22-18-6-1-2-7-19(18)30(27,28)25-12-10-21(23,11-13-25)29-20(26)24-17-9-8-15-4-3-5-16(15)14-17/h1-2,6-9,14H,3-5,10-13,23H2,(H,24,26). The van der Waals surface area contributed by atoms with Crippen LogP contribution in [0.15, 0.2) is 47.4 Å². The number of nitrogens with two attached hydrogens (primary N) is 1. The lowest BCUT2D eigenvalue weighted by molar-refractivity contribution is -0.0116. The van der Waals surface area contributed by atoms with Gasteiger partial charge in [0.15, 0.2) is 5.72 Å². The predicted molar refractivity (Wildman–Crippen MR) is 115 cm³/mol. The SMILES string of the molecule is NC1(OC(=O)Nc2ccc3c(c2)CCC3)CCN(S(=O)(=O)c2ccccc2Cl)CC1. The Hall–Kier alpha value is -2.13. The molecule has 0 unspecified atom stereocenters. The van der Waals surface area contributed by atoms with Crippen molar-refractivity contribution >= 4 is 33.4 Å². The molecule has 1 fully saturated rings. The van der Waals surface area contributed by atoms with Gasteiger partial charge in [-0.25, -0.2) is 13.2 Å². The highest BCUT2D eigenvalue weighted by Crippen LogP contribution is 2.30. The molecule has 4 rings (SSSR count). The molecule has 3 N–H and O–H groups in total. The molecule has 1 amide bonds. The maximum atomic E-state index is 12.9. The number of benzene rings is 2. The molecule has 30 heavy (non-hydrogen) atoms. The Labute approximate surface area is 181 Å². The minimum Gasteiger partial charge on any atom is -0.428 e. The van der Waals surface area contributed by atoms with E-state index in [2.05, 4.69) is 5.32 Å². The largest absolute Gasteiger partial charge is 0.428 e. The van der Waals surface area contributed by atoms with E-state index in [4.69, 9.17) is 22.1 Å².